The first-order valence-corrected chi connectivity index (χ1v) is 6.44. The molecule has 0 atom stereocenters. The van der Waals surface area contributed by atoms with Gasteiger partial charge in [0.05, 0.1) is 5.56 Å². The first-order valence-electron chi connectivity index (χ1n) is 5.65. The van der Waals surface area contributed by atoms with E-state index >= 15 is 0 Å². The number of carbonyl (C=O) groups is 1. The van der Waals surface area contributed by atoms with Gasteiger partial charge >= 0.3 is 0 Å². The highest BCUT2D eigenvalue weighted by Gasteiger charge is 2.19. The van der Waals surface area contributed by atoms with Crippen LogP contribution in [0.2, 0.25) is 0 Å². The van der Waals surface area contributed by atoms with E-state index in [1.807, 2.05) is 39.0 Å². The SMILES string of the molecule is C=CCN(C(=O)c1ccc(C)cc1Br)C(C)C. The van der Waals surface area contributed by atoms with Gasteiger partial charge in [-0.2, -0.15) is 0 Å². The highest BCUT2D eigenvalue weighted by Crippen LogP contribution is 2.20. The minimum atomic E-state index is 0.0341. The molecule has 0 aliphatic heterocycles. The van der Waals surface area contributed by atoms with E-state index in [9.17, 15) is 4.79 Å². The van der Waals surface area contributed by atoms with Crippen LogP contribution < -0.4 is 0 Å². The van der Waals surface area contributed by atoms with E-state index in [-0.39, 0.29) is 11.9 Å². The van der Waals surface area contributed by atoms with Crippen LogP contribution in [0.1, 0.15) is 29.8 Å². The van der Waals surface area contributed by atoms with Crippen LogP contribution in [0.3, 0.4) is 0 Å². The first-order chi connectivity index (χ1) is 7.97. The summed E-state index contributed by atoms with van der Waals surface area (Å²) >= 11 is 3.44. The van der Waals surface area contributed by atoms with Gasteiger partial charge in [0.2, 0.25) is 0 Å². The van der Waals surface area contributed by atoms with Gasteiger partial charge in [0.25, 0.3) is 5.91 Å². The lowest BCUT2D eigenvalue weighted by Gasteiger charge is -2.26. The molecule has 0 aliphatic rings. The van der Waals surface area contributed by atoms with E-state index in [1.165, 1.54) is 0 Å². The van der Waals surface area contributed by atoms with Gasteiger partial charge in [-0.15, -0.1) is 6.58 Å². The largest absolute Gasteiger partial charge is 0.332 e. The van der Waals surface area contributed by atoms with E-state index in [0.29, 0.717) is 12.1 Å². The number of carbonyl (C=O) groups excluding carboxylic acids is 1. The third-order valence-corrected chi connectivity index (χ3v) is 3.22. The van der Waals surface area contributed by atoms with Crippen molar-refractivity contribution in [2.75, 3.05) is 6.54 Å². The normalized spacial score (nSPS) is 10.4. The summed E-state index contributed by atoms with van der Waals surface area (Å²) < 4.78 is 0.845. The van der Waals surface area contributed by atoms with Crippen molar-refractivity contribution in [3.8, 4) is 0 Å². The van der Waals surface area contributed by atoms with Crippen molar-refractivity contribution in [3.63, 3.8) is 0 Å². The monoisotopic (exact) mass is 295 g/mol. The van der Waals surface area contributed by atoms with Gasteiger partial charge in [-0.3, -0.25) is 4.79 Å². The lowest BCUT2D eigenvalue weighted by Crippen LogP contribution is -2.37. The first kappa shape index (κ1) is 14.0. The van der Waals surface area contributed by atoms with E-state index in [1.54, 1.807) is 11.0 Å². The zero-order chi connectivity index (χ0) is 13.0. The van der Waals surface area contributed by atoms with E-state index in [4.69, 9.17) is 0 Å². The third-order valence-electron chi connectivity index (χ3n) is 2.57. The third kappa shape index (κ3) is 3.43. The standard InChI is InChI=1S/C14H18BrNO/c1-5-8-16(10(2)3)14(17)12-7-6-11(4)9-13(12)15/h5-7,9-10H,1,8H2,2-4H3. The fourth-order valence-electron chi connectivity index (χ4n) is 1.62. The summed E-state index contributed by atoms with van der Waals surface area (Å²) in [5.41, 5.74) is 1.83. The Bertz CT molecular complexity index is 426. The molecule has 0 saturated carbocycles. The molecule has 1 aromatic carbocycles. The Kier molecular flexibility index (Phi) is 4.94. The molecular formula is C14H18BrNO. The number of halogens is 1. The molecule has 0 heterocycles. The minimum absolute atomic E-state index is 0.0341. The fraction of sp³-hybridized carbons (Fsp3) is 0.357. The molecule has 0 bridgehead atoms. The van der Waals surface area contributed by atoms with Gasteiger partial charge in [-0.25, -0.2) is 0 Å². The van der Waals surface area contributed by atoms with Crippen LogP contribution in [0.4, 0.5) is 0 Å². The Morgan fingerprint density at radius 1 is 1.53 bits per heavy atom. The second-order valence-electron chi connectivity index (χ2n) is 4.32. The van der Waals surface area contributed by atoms with E-state index < -0.39 is 0 Å². The van der Waals surface area contributed by atoms with Crippen molar-refractivity contribution < 1.29 is 4.79 Å². The van der Waals surface area contributed by atoms with Crippen LogP contribution in [-0.2, 0) is 0 Å². The lowest BCUT2D eigenvalue weighted by atomic mass is 10.1. The van der Waals surface area contributed by atoms with E-state index in [2.05, 4.69) is 22.5 Å². The molecule has 1 amide bonds. The van der Waals surface area contributed by atoms with Crippen molar-refractivity contribution in [2.45, 2.75) is 26.8 Å². The highest BCUT2D eigenvalue weighted by molar-refractivity contribution is 9.10. The molecule has 0 aromatic heterocycles. The summed E-state index contributed by atoms with van der Waals surface area (Å²) in [4.78, 5) is 14.2. The summed E-state index contributed by atoms with van der Waals surface area (Å²) in [6.07, 6.45) is 1.75. The van der Waals surface area contributed by atoms with Crippen molar-refractivity contribution in [1.82, 2.24) is 4.90 Å². The molecule has 0 aliphatic carbocycles. The number of hydrogen-bond acceptors (Lipinski definition) is 1. The predicted octanol–water partition coefficient (Wildman–Crippen LogP) is 3.79. The van der Waals surface area contributed by atoms with E-state index in [0.717, 1.165) is 10.0 Å². The summed E-state index contributed by atoms with van der Waals surface area (Å²) in [7, 11) is 0. The molecule has 3 heteroatoms. The van der Waals surface area contributed by atoms with Crippen LogP contribution >= 0.6 is 15.9 Å². The van der Waals surface area contributed by atoms with Gasteiger partial charge in [0.1, 0.15) is 0 Å². The van der Waals surface area contributed by atoms with Crippen molar-refractivity contribution in [2.24, 2.45) is 0 Å². The Morgan fingerprint density at radius 3 is 2.65 bits per heavy atom. The average Bonchev–Trinajstić information content (AvgIpc) is 2.24. The topological polar surface area (TPSA) is 20.3 Å². The predicted molar refractivity (Wildman–Crippen MR) is 75.2 cm³/mol. The molecule has 0 saturated heterocycles. The minimum Gasteiger partial charge on any atom is -0.332 e. The zero-order valence-corrected chi connectivity index (χ0v) is 12.1. The van der Waals surface area contributed by atoms with Crippen LogP contribution in [0.5, 0.6) is 0 Å². The molecule has 1 rings (SSSR count). The van der Waals surface area contributed by atoms with Gasteiger partial charge in [0, 0.05) is 17.1 Å². The van der Waals surface area contributed by atoms with Crippen LogP contribution in [0, 0.1) is 6.92 Å². The summed E-state index contributed by atoms with van der Waals surface area (Å²) in [5.74, 6) is 0.0341. The highest BCUT2D eigenvalue weighted by atomic mass is 79.9. The van der Waals surface area contributed by atoms with Gasteiger partial charge in [0.15, 0.2) is 0 Å². The number of hydrogen-bond donors (Lipinski definition) is 0. The second kappa shape index (κ2) is 6.01. The quantitative estimate of drug-likeness (QED) is 0.774. The molecule has 17 heavy (non-hydrogen) atoms. The van der Waals surface area contributed by atoms with Crippen molar-refractivity contribution in [1.29, 1.82) is 0 Å². The maximum absolute atomic E-state index is 12.4. The second-order valence-corrected chi connectivity index (χ2v) is 5.18. The number of benzene rings is 1. The molecule has 0 unspecified atom stereocenters. The molecule has 92 valence electrons. The molecule has 0 radical (unpaired) electrons. The summed E-state index contributed by atoms with van der Waals surface area (Å²) in [5, 5.41) is 0. The molecule has 0 spiro atoms. The number of nitrogens with zero attached hydrogens (tertiary/aromatic N) is 1. The van der Waals surface area contributed by atoms with Crippen LogP contribution in [-0.4, -0.2) is 23.4 Å². The molecule has 0 N–H and O–H groups in total. The van der Waals surface area contributed by atoms with Gasteiger partial charge < -0.3 is 4.90 Å². The van der Waals surface area contributed by atoms with Crippen molar-refractivity contribution in [3.05, 3.63) is 46.5 Å². The number of amides is 1. The Balaban J connectivity index is 3.05. The molecule has 1 aromatic rings. The zero-order valence-electron chi connectivity index (χ0n) is 10.5. The lowest BCUT2D eigenvalue weighted by molar-refractivity contribution is 0.0728. The van der Waals surface area contributed by atoms with Crippen molar-refractivity contribution >= 4 is 21.8 Å². The van der Waals surface area contributed by atoms with Crippen LogP contribution in [0.15, 0.2) is 35.3 Å². The Morgan fingerprint density at radius 2 is 2.18 bits per heavy atom. The summed E-state index contributed by atoms with van der Waals surface area (Å²) in [6, 6.07) is 5.93. The fourth-order valence-corrected chi connectivity index (χ4v) is 2.28. The molecule has 0 fully saturated rings. The van der Waals surface area contributed by atoms with Gasteiger partial charge in [-0.1, -0.05) is 12.1 Å². The maximum atomic E-state index is 12.4. The maximum Gasteiger partial charge on any atom is 0.255 e. The van der Waals surface area contributed by atoms with Gasteiger partial charge in [-0.05, 0) is 54.4 Å². The average molecular weight is 296 g/mol. The Labute approximate surface area is 111 Å². The smallest absolute Gasteiger partial charge is 0.255 e. The Hall–Kier alpha value is -1.09. The van der Waals surface area contributed by atoms with Crippen LogP contribution in [0.25, 0.3) is 0 Å². The molecule has 2 nitrogen and oxygen atoms in total. The molecular weight excluding hydrogens is 278 g/mol. The number of aryl methyl sites for hydroxylation is 1. The summed E-state index contributed by atoms with van der Waals surface area (Å²) in [6.45, 7) is 10.3. The number of rotatable bonds is 4.